The van der Waals surface area contributed by atoms with Gasteiger partial charge in [-0.3, -0.25) is 0 Å². The first-order valence-corrected chi connectivity index (χ1v) is 5.05. The molecule has 0 saturated heterocycles. The number of rotatable bonds is 2. The molecular formula is C13H11FO3. The summed E-state index contributed by atoms with van der Waals surface area (Å²) in [6.07, 6.45) is 0.319. The molecule has 88 valence electrons. The summed E-state index contributed by atoms with van der Waals surface area (Å²) in [5, 5.41) is 0. The number of carbonyl (C=O) groups excluding carboxylic acids is 1. The first-order valence-electron chi connectivity index (χ1n) is 5.05. The fourth-order valence-electron chi connectivity index (χ4n) is 1.64. The number of hydrogen-bond donors (Lipinski definition) is 0. The number of benzene rings is 1. The lowest BCUT2D eigenvalue weighted by atomic mass is 10.1. The molecule has 1 heterocycles. The van der Waals surface area contributed by atoms with Crippen LogP contribution in [-0.2, 0) is 14.3 Å². The highest BCUT2D eigenvalue weighted by molar-refractivity contribution is 5.97. The molecule has 17 heavy (non-hydrogen) atoms. The topological polar surface area (TPSA) is 35.5 Å². The van der Waals surface area contributed by atoms with Crippen LogP contribution in [-0.4, -0.2) is 13.1 Å². The molecule has 2 rings (SSSR count). The van der Waals surface area contributed by atoms with Crippen molar-refractivity contribution in [2.24, 2.45) is 0 Å². The molecule has 4 heteroatoms. The third-order valence-electron chi connectivity index (χ3n) is 2.43. The van der Waals surface area contributed by atoms with Crippen molar-refractivity contribution in [2.45, 2.75) is 6.42 Å². The minimum atomic E-state index is -0.456. The molecule has 0 spiro atoms. The van der Waals surface area contributed by atoms with E-state index < -0.39 is 5.97 Å². The van der Waals surface area contributed by atoms with E-state index in [9.17, 15) is 9.18 Å². The summed E-state index contributed by atoms with van der Waals surface area (Å²) in [6.45, 7) is 3.67. The van der Waals surface area contributed by atoms with Gasteiger partial charge in [-0.15, -0.1) is 0 Å². The molecule has 1 aliphatic heterocycles. The number of ether oxygens (including phenoxy) is 2. The second kappa shape index (κ2) is 4.41. The van der Waals surface area contributed by atoms with Crippen molar-refractivity contribution >= 4 is 11.7 Å². The van der Waals surface area contributed by atoms with Crippen LogP contribution in [0, 0.1) is 5.82 Å². The van der Waals surface area contributed by atoms with E-state index in [1.54, 1.807) is 12.1 Å². The van der Waals surface area contributed by atoms with Gasteiger partial charge in [0, 0.05) is 12.0 Å². The summed E-state index contributed by atoms with van der Waals surface area (Å²) in [4.78, 5) is 11.5. The maximum Gasteiger partial charge on any atom is 0.338 e. The fourth-order valence-corrected chi connectivity index (χ4v) is 1.64. The summed E-state index contributed by atoms with van der Waals surface area (Å²) in [5.74, 6) is 0.0698. The van der Waals surface area contributed by atoms with Gasteiger partial charge in [0.2, 0.25) is 0 Å². The summed E-state index contributed by atoms with van der Waals surface area (Å²) in [6, 6.07) is 5.71. The highest BCUT2D eigenvalue weighted by atomic mass is 19.1. The lowest BCUT2D eigenvalue weighted by Crippen LogP contribution is -2.04. The molecule has 3 nitrogen and oxygen atoms in total. The molecular weight excluding hydrogens is 223 g/mol. The molecule has 1 aromatic carbocycles. The Balaban J connectivity index is 2.43. The second-order valence-corrected chi connectivity index (χ2v) is 3.62. The molecule has 0 unspecified atom stereocenters. The SMILES string of the molecule is C=C1CC(C(=O)OC)=C(c2ccc(F)cc2)O1. The second-order valence-electron chi connectivity index (χ2n) is 3.62. The number of halogens is 1. The Morgan fingerprint density at radius 1 is 1.41 bits per heavy atom. The van der Waals surface area contributed by atoms with E-state index in [0.717, 1.165) is 0 Å². The van der Waals surface area contributed by atoms with E-state index in [0.29, 0.717) is 29.1 Å². The molecule has 0 saturated carbocycles. The first kappa shape index (κ1) is 11.4. The monoisotopic (exact) mass is 234 g/mol. The van der Waals surface area contributed by atoms with Gasteiger partial charge in [-0.2, -0.15) is 0 Å². The van der Waals surface area contributed by atoms with Crippen LogP contribution in [0.5, 0.6) is 0 Å². The van der Waals surface area contributed by atoms with Crippen molar-refractivity contribution < 1.29 is 18.7 Å². The molecule has 0 aliphatic carbocycles. The highest BCUT2D eigenvalue weighted by Crippen LogP contribution is 2.34. The van der Waals surface area contributed by atoms with E-state index in [4.69, 9.17) is 4.74 Å². The fraction of sp³-hybridized carbons (Fsp3) is 0.154. The van der Waals surface area contributed by atoms with E-state index in [1.807, 2.05) is 0 Å². The van der Waals surface area contributed by atoms with Gasteiger partial charge < -0.3 is 9.47 Å². The van der Waals surface area contributed by atoms with Crippen molar-refractivity contribution in [3.63, 3.8) is 0 Å². The largest absolute Gasteiger partial charge is 0.466 e. The van der Waals surface area contributed by atoms with Crippen LogP contribution in [0.2, 0.25) is 0 Å². The number of methoxy groups -OCH3 is 1. The third-order valence-corrected chi connectivity index (χ3v) is 2.43. The highest BCUT2D eigenvalue weighted by Gasteiger charge is 2.27. The molecule has 0 radical (unpaired) electrons. The Bertz CT molecular complexity index is 500. The Morgan fingerprint density at radius 3 is 2.65 bits per heavy atom. The Kier molecular flexibility index (Phi) is 2.95. The van der Waals surface area contributed by atoms with Crippen LogP contribution in [0.25, 0.3) is 5.76 Å². The van der Waals surface area contributed by atoms with Crippen LogP contribution in [0.1, 0.15) is 12.0 Å². The molecule has 0 aromatic heterocycles. The van der Waals surface area contributed by atoms with Crippen molar-refractivity contribution in [2.75, 3.05) is 7.11 Å². The summed E-state index contributed by atoms with van der Waals surface area (Å²) in [5.41, 5.74) is 1.04. The van der Waals surface area contributed by atoms with Crippen molar-refractivity contribution in [1.82, 2.24) is 0 Å². The Morgan fingerprint density at radius 2 is 2.06 bits per heavy atom. The molecule has 1 aromatic rings. The molecule has 1 aliphatic rings. The lowest BCUT2D eigenvalue weighted by molar-refractivity contribution is -0.136. The van der Waals surface area contributed by atoms with Gasteiger partial charge in [0.05, 0.1) is 12.7 Å². The van der Waals surface area contributed by atoms with E-state index >= 15 is 0 Å². The van der Waals surface area contributed by atoms with Crippen LogP contribution in [0.3, 0.4) is 0 Å². The van der Waals surface area contributed by atoms with Crippen LogP contribution >= 0.6 is 0 Å². The maximum atomic E-state index is 12.8. The molecule has 0 amide bonds. The minimum absolute atomic E-state index is 0.319. The Labute approximate surface area is 98.2 Å². The molecule has 0 fully saturated rings. The van der Waals surface area contributed by atoms with Gasteiger partial charge in [-0.1, -0.05) is 6.58 Å². The Hall–Kier alpha value is -2.10. The molecule has 0 N–H and O–H groups in total. The number of carbonyl (C=O) groups is 1. The summed E-state index contributed by atoms with van der Waals surface area (Å²) >= 11 is 0. The molecule has 0 atom stereocenters. The zero-order valence-electron chi connectivity index (χ0n) is 9.33. The number of allylic oxidation sites excluding steroid dienone is 1. The van der Waals surface area contributed by atoms with E-state index in [1.165, 1.54) is 19.2 Å². The van der Waals surface area contributed by atoms with Gasteiger partial charge in [-0.25, -0.2) is 9.18 Å². The average molecular weight is 234 g/mol. The van der Waals surface area contributed by atoms with E-state index in [2.05, 4.69) is 11.3 Å². The standard InChI is InChI=1S/C13H11FO3/c1-8-7-11(13(15)16-2)12(17-8)9-3-5-10(14)6-4-9/h3-6H,1,7H2,2H3. The predicted molar refractivity (Wildman–Crippen MR) is 60.2 cm³/mol. The van der Waals surface area contributed by atoms with Gasteiger partial charge >= 0.3 is 5.97 Å². The minimum Gasteiger partial charge on any atom is -0.466 e. The lowest BCUT2D eigenvalue weighted by Gasteiger charge is -2.05. The average Bonchev–Trinajstić information content (AvgIpc) is 2.71. The number of esters is 1. The van der Waals surface area contributed by atoms with Gasteiger partial charge in [0.15, 0.2) is 0 Å². The van der Waals surface area contributed by atoms with Crippen molar-refractivity contribution in [3.8, 4) is 0 Å². The maximum absolute atomic E-state index is 12.8. The zero-order chi connectivity index (χ0) is 12.4. The van der Waals surface area contributed by atoms with Gasteiger partial charge in [-0.05, 0) is 24.3 Å². The van der Waals surface area contributed by atoms with Crippen LogP contribution in [0.15, 0.2) is 42.2 Å². The predicted octanol–water partition coefficient (Wildman–Crippen LogP) is 2.64. The van der Waals surface area contributed by atoms with Crippen LogP contribution in [0.4, 0.5) is 4.39 Å². The van der Waals surface area contributed by atoms with Crippen molar-refractivity contribution in [3.05, 3.63) is 53.6 Å². The van der Waals surface area contributed by atoms with Crippen molar-refractivity contribution in [1.29, 1.82) is 0 Å². The van der Waals surface area contributed by atoms with E-state index in [-0.39, 0.29) is 5.82 Å². The smallest absolute Gasteiger partial charge is 0.338 e. The first-order chi connectivity index (χ1) is 8.11. The summed E-state index contributed by atoms with van der Waals surface area (Å²) < 4.78 is 22.9. The van der Waals surface area contributed by atoms with Gasteiger partial charge in [0.25, 0.3) is 0 Å². The third kappa shape index (κ3) is 2.20. The number of hydrogen-bond acceptors (Lipinski definition) is 3. The van der Waals surface area contributed by atoms with Gasteiger partial charge in [0.1, 0.15) is 17.3 Å². The molecule has 0 bridgehead atoms. The van der Waals surface area contributed by atoms with Crippen LogP contribution < -0.4 is 0 Å². The summed E-state index contributed by atoms with van der Waals surface area (Å²) in [7, 11) is 1.30. The quantitative estimate of drug-likeness (QED) is 0.738. The normalized spacial score (nSPS) is 14.8. The zero-order valence-corrected chi connectivity index (χ0v) is 9.33.